The second-order valence-electron chi connectivity index (χ2n) is 6.69. The van der Waals surface area contributed by atoms with Crippen molar-refractivity contribution in [3.63, 3.8) is 0 Å². The predicted molar refractivity (Wildman–Crippen MR) is 124 cm³/mol. The van der Waals surface area contributed by atoms with Crippen LogP contribution in [0.4, 0.5) is 0 Å². The first-order valence-electron chi connectivity index (χ1n) is 10.8. The summed E-state index contributed by atoms with van der Waals surface area (Å²) in [5, 5.41) is -1.09. The zero-order chi connectivity index (χ0) is 23.5. The quantitative estimate of drug-likeness (QED) is 0.281. The first-order valence-corrected chi connectivity index (χ1v) is 14.0. The van der Waals surface area contributed by atoms with Crippen LogP contribution in [0.25, 0.3) is 0 Å². The topological polar surface area (TPSA) is 93.2 Å². The van der Waals surface area contributed by atoms with Crippen molar-refractivity contribution in [3.8, 4) is 5.75 Å². The van der Waals surface area contributed by atoms with Gasteiger partial charge in [0.25, 0.3) is 0 Å². The van der Waals surface area contributed by atoms with Crippen molar-refractivity contribution in [2.75, 3.05) is 26.4 Å². The smallest absolute Gasteiger partial charge is 0.346 e. The summed E-state index contributed by atoms with van der Waals surface area (Å²) in [5.74, 6) is 0.659. The SMILES string of the molecule is CCOP(=O)(OCC)C(Cc1ccc(OCc2ccccn2)cc1)P(=O)(OCC)OCC. The fourth-order valence-corrected chi connectivity index (χ4v) is 8.44. The third kappa shape index (κ3) is 7.51. The minimum absolute atomic E-state index is 0.134. The van der Waals surface area contributed by atoms with Gasteiger partial charge in [-0.15, -0.1) is 0 Å². The normalized spacial score (nSPS) is 12.3. The Bertz CT molecular complexity index is 843. The summed E-state index contributed by atoms with van der Waals surface area (Å²) in [4.78, 5) is 4.23. The van der Waals surface area contributed by atoms with Gasteiger partial charge in [-0.25, -0.2) is 0 Å². The van der Waals surface area contributed by atoms with Crippen molar-refractivity contribution in [2.45, 2.75) is 46.1 Å². The molecule has 10 heteroatoms. The Morgan fingerprint density at radius 2 is 1.31 bits per heavy atom. The van der Waals surface area contributed by atoms with Crippen molar-refractivity contribution in [1.29, 1.82) is 0 Å². The molecule has 0 aliphatic heterocycles. The Hall–Kier alpha value is -1.53. The summed E-state index contributed by atoms with van der Waals surface area (Å²) in [6.45, 7) is 7.77. The Morgan fingerprint density at radius 3 is 1.75 bits per heavy atom. The van der Waals surface area contributed by atoms with Gasteiger partial charge in [0, 0.05) is 6.20 Å². The fraction of sp³-hybridized carbons (Fsp3) is 0.500. The number of aromatic nitrogens is 1. The third-order valence-electron chi connectivity index (χ3n) is 4.42. The van der Waals surface area contributed by atoms with Crippen molar-refractivity contribution in [1.82, 2.24) is 4.98 Å². The van der Waals surface area contributed by atoms with Gasteiger partial charge in [0.15, 0.2) is 5.40 Å². The summed E-state index contributed by atoms with van der Waals surface area (Å²) in [7, 11) is -7.59. The van der Waals surface area contributed by atoms with Crippen LogP contribution < -0.4 is 4.74 Å². The lowest BCUT2D eigenvalue weighted by molar-refractivity contribution is 0.195. The standard InChI is InChI=1S/C22H33NO7P2/c1-5-27-31(24,28-6-2)22(32(25,29-7-3)30-8-4)17-19-12-14-21(15-13-19)26-18-20-11-9-10-16-23-20/h9-16,22H,5-8,17-18H2,1-4H3. The lowest BCUT2D eigenvalue weighted by atomic mass is 10.2. The number of hydrogen-bond acceptors (Lipinski definition) is 8. The van der Waals surface area contributed by atoms with Gasteiger partial charge in [-0.3, -0.25) is 14.1 Å². The van der Waals surface area contributed by atoms with Gasteiger partial charge in [0.1, 0.15) is 12.4 Å². The van der Waals surface area contributed by atoms with Crippen molar-refractivity contribution < 1.29 is 32.0 Å². The molecule has 0 bridgehead atoms. The van der Waals surface area contributed by atoms with Crippen LogP contribution in [0.5, 0.6) is 5.75 Å². The van der Waals surface area contributed by atoms with Crippen LogP contribution in [0, 0.1) is 0 Å². The molecule has 2 aromatic rings. The van der Waals surface area contributed by atoms with E-state index in [-0.39, 0.29) is 32.8 Å². The van der Waals surface area contributed by atoms with E-state index in [1.807, 2.05) is 30.3 Å². The van der Waals surface area contributed by atoms with Crippen molar-refractivity contribution >= 4 is 15.2 Å². The van der Waals surface area contributed by atoms with Crippen molar-refractivity contribution in [3.05, 3.63) is 59.9 Å². The summed E-state index contributed by atoms with van der Waals surface area (Å²) < 4.78 is 55.1. The number of nitrogens with zero attached hydrogens (tertiary/aromatic N) is 1. The summed E-state index contributed by atoms with van der Waals surface area (Å²) >= 11 is 0. The van der Waals surface area contributed by atoms with E-state index in [9.17, 15) is 9.13 Å². The second kappa shape index (κ2) is 13.2. The molecule has 1 aromatic carbocycles. The molecule has 0 amide bonds. The zero-order valence-electron chi connectivity index (χ0n) is 19.1. The number of rotatable bonds is 15. The van der Waals surface area contributed by atoms with Gasteiger partial charge >= 0.3 is 15.2 Å². The molecule has 0 unspecified atom stereocenters. The number of benzene rings is 1. The molecule has 1 heterocycles. The molecule has 0 radical (unpaired) electrons. The molecule has 0 fully saturated rings. The highest BCUT2D eigenvalue weighted by atomic mass is 31.2. The van der Waals surface area contributed by atoms with Crippen LogP contribution >= 0.6 is 15.2 Å². The maximum atomic E-state index is 13.6. The zero-order valence-corrected chi connectivity index (χ0v) is 20.9. The molecular weight excluding hydrogens is 452 g/mol. The molecule has 0 aliphatic carbocycles. The van der Waals surface area contributed by atoms with E-state index in [2.05, 4.69) is 4.98 Å². The van der Waals surface area contributed by atoms with Crippen molar-refractivity contribution in [2.24, 2.45) is 0 Å². The van der Waals surface area contributed by atoms with Gasteiger partial charge in [0.2, 0.25) is 0 Å². The van der Waals surface area contributed by atoms with E-state index in [1.165, 1.54) is 0 Å². The van der Waals surface area contributed by atoms with E-state index in [4.69, 9.17) is 22.8 Å². The molecule has 2 rings (SSSR count). The Kier molecular flexibility index (Phi) is 11.1. The maximum absolute atomic E-state index is 13.6. The van der Waals surface area contributed by atoms with Gasteiger partial charge in [-0.2, -0.15) is 0 Å². The predicted octanol–water partition coefficient (Wildman–Crippen LogP) is 6.06. The van der Waals surface area contributed by atoms with E-state index < -0.39 is 20.6 Å². The average Bonchev–Trinajstić information content (AvgIpc) is 2.78. The number of hydrogen-bond donors (Lipinski definition) is 0. The van der Waals surface area contributed by atoms with Gasteiger partial charge in [-0.1, -0.05) is 18.2 Å². The first kappa shape index (κ1) is 26.7. The molecule has 8 nitrogen and oxygen atoms in total. The molecule has 0 saturated carbocycles. The molecule has 0 spiro atoms. The number of ether oxygens (including phenoxy) is 1. The van der Waals surface area contributed by atoms with Crippen LogP contribution in [0.15, 0.2) is 48.7 Å². The van der Waals surface area contributed by atoms with E-state index in [1.54, 1.807) is 46.0 Å². The average molecular weight is 485 g/mol. The molecule has 0 aliphatic rings. The fourth-order valence-electron chi connectivity index (χ4n) is 3.11. The minimum Gasteiger partial charge on any atom is -0.487 e. The van der Waals surface area contributed by atoms with E-state index in [0.29, 0.717) is 12.4 Å². The van der Waals surface area contributed by atoms with Gasteiger partial charge in [0.05, 0.1) is 32.1 Å². The largest absolute Gasteiger partial charge is 0.487 e. The molecule has 1 aromatic heterocycles. The van der Waals surface area contributed by atoms with Crippen LogP contribution in [0.1, 0.15) is 39.0 Å². The van der Waals surface area contributed by atoms with Crippen LogP contribution in [0.2, 0.25) is 0 Å². The van der Waals surface area contributed by atoms with Crippen LogP contribution in [-0.4, -0.2) is 36.8 Å². The molecular formula is C22H33NO7P2. The Labute approximate surface area is 190 Å². The van der Waals surface area contributed by atoms with E-state index in [0.717, 1.165) is 11.3 Å². The molecule has 178 valence electrons. The monoisotopic (exact) mass is 485 g/mol. The molecule has 0 N–H and O–H groups in total. The molecule has 0 saturated heterocycles. The highest BCUT2D eigenvalue weighted by molar-refractivity contribution is 7.72. The number of pyridine rings is 1. The first-order chi connectivity index (χ1) is 15.4. The highest BCUT2D eigenvalue weighted by Gasteiger charge is 2.50. The Balaban J connectivity index is 2.26. The summed E-state index contributed by atoms with van der Waals surface area (Å²) in [5.41, 5.74) is 1.60. The Morgan fingerprint density at radius 1 is 0.781 bits per heavy atom. The highest BCUT2D eigenvalue weighted by Crippen LogP contribution is 2.71. The third-order valence-corrected chi connectivity index (χ3v) is 10.4. The molecule has 32 heavy (non-hydrogen) atoms. The van der Waals surface area contributed by atoms with E-state index >= 15 is 0 Å². The minimum atomic E-state index is -3.79. The second-order valence-corrected chi connectivity index (χ2v) is 11.5. The lowest BCUT2D eigenvalue weighted by Crippen LogP contribution is -2.20. The molecule has 0 atom stereocenters. The maximum Gasteiger partial charge on any atom is 0.346 e. The lowest BCUT2D eigenvalue weighted by Gasteiger charge is -2.31. The van der Waals surface area contributed by atoms with Crippen LogP contribution in [-0.2, 0) is 40.3 Å². The van der Waals surface area contributed by atoms with Crippen LogP contribution in [0.3, 0.4) is 0 Å². The summed E-state index contributed by atoms with van der Waals surface area (Å²) in [6, 6.07) is 12.9. The summed E-state index contributed by atoms with van der Waals surface area (Å²) in [6.07, 6.45) is 1.85. The van der Waals surface area contributed by atoms with Gasteiger partial charge in [-0.05, 0) is 63.9 Å². The van der Waals surface area contributed by atoms with Gasteiger partial charge < -0.3 is 22.8 Å².